The van der Waals surface area contributed by atoms with E-state index in [9.17, 15) is 9.59 Å². The average molecular weight is 630 g/mol. The Morgan fingerprint density at radius 3 is 2.60 bits per heavy atom. The fraction of sp³-hybridized carbons (Fsp3) is 0.593. The van der Waals surface area contributed by atoms with E-state index < -0.39 is 0 Å². The van der Waals surface area contributed by atoms with Crippen LogP contribution in [0.15, 0.2) is 38.4 Å². The lowest BCUT2D eigenvalue weighted by atomic mass is 9.69. The highest BCUT2D eigenvalue weighted by molar-refractivity contribution is 9.11. The minimum Gasteiger partial charge on any atom is -0.469 e. The van der Waals surface area contributed by atoms with E-state index in [0.717, 1.165) is 72.4 Å². The molecule has 0 radical (unpaired) electrons. The molecule has 1 fully saturated rings. The molecule has 5 nitrogen and oxygen atoms in total. The van der Waals surface area contributed by atoms with E-state index >= 15 is 0 Å². The lowest BCUT2D eigenvalue weighted by Crippen LogP contribution is -3.15. The predicted molar refractivity (Wildman–Crippen MR) is 144 cm³/mol. The lowest BCUT2D eigenvalue weighted by Gasteiger charge is -2.39. The van der Waals surface area contributed by atoms with Crippen molar-refractivity contribution in [1.82, 2.24) is 4.98 Å². The van der Waals surface area contributed by atoms with Crippen LogP contribution in [0.4, 0.5) is 0 Å². The largest absolute Gasteiger partial charge is 0.469 e. The molecule has 4 rings (SSSR count). The van der Waals surface area contributed by atoms with Gasteiger partial charge in [0.1, 0.15) is 0 Å². The second kappa shape index (κ2) is 12.5. The highest BCUT2D eigenvalue weighted by atomic mass is 79.9. The minimum absolute atomic E-state index is 0.176. The summed E-state index contributed by atoms with van der Waals surface area (Å²) in [7, 11) is 1.41. The Morgan fingerprint density at radius 2 is 1.86 bits per heavy atom. The number of unbranched alkanes of at least 4 members (excludes halogenated alkanes) is 2. The standard InChI is InChI=1S/C27H33Br2ClN2O3/c1-35-24(34)6-4-2-3-5-23(33)32-11-9-17(10-12-32)26-25-18(14-21(30)15-22(25)29)7-8-19-13-20(28)16-31-27(19)26/h13-18,25-26H,2-12H2,1H3/p+1. The van der Waals surface area contributed by atoms with Crippen LogP contribution in [0.25, 0.3) is 0 Å². The third kappa shape index (κ3) is 6.65. The van der Waals surface area contributed by atoms with Gasteiger partial charge < -0.3 is 4.74 Å². The van der Waals surface area contributed by atoms with Crippen LogP contribution >= 0.6 is 43.5 Å². The van der Waals surface area contributed by atoms with E-state index in [1.165, 1.54) is 22.8 Å². The van der Waals surface area contributed by atoms with Crippen molar-refractivity contribution in [2.24, 2.45) is 17.8 Å². The van der Waals surface area contributed by atoms with Crippen molar-refractivity contribution in [2.75, 3.05) is 20.2 Å². The number of hydrogen-bond acceptors (Lipinski definition) is 4. The monoisotopic (exact) mass is 627 g/mol. The molecule has 8 heteroatoms. The highest BCUT2D eigenvalue weighted by Gasteiger charge is 2.43. The number of carbonyl (C=O) groups is 2. The molecule has 35 heavy (non-hydrogen) atoms. The number of fused-ring (bicyclic) bond motifs is 2. The number of nitrogens with zero attached hydrogens (tertiary/aromatic N) is 1. The van der Waals surface area contributed by atoms with Gasteiger partial charge in [-0.2, -0.15) is 0 Å². The van der Waals surface area contributed by atoms with Gasteiger partial charge in [0.2, 0.25) is 0 Å². The number of quaternary nitrogens is 1. The number of rotatable bonds is 7. The Kier molecular flexibility index (Phi) is 9.64. The maximum absolute atomic E-state index is 12.9. The molecule has 0 aromatic carbocycles. The number of hydrogen-bond donors (Lipinski definition) is 1. The smallest absolute Gasteiger partial charge is 0.312 e. The first-order valence-electron chi connectivity index (χ1n) is 12.7. The molecule has 3 aliphatic rings. The molecule has 1 aliphatic heterocycles. The minimum atomic E-state index is -0.176. The van der Waals surface area contributed by atoms with Crippen LogP contribution < -0.4 is 4.90 Å². The third-order valence-corrected chi connectivity index (χ3v) is 9.32. The van der Waals surface area contributed by atoms with E-state index in [-0.39, 0.29) is 5.97 Å². The highest BCUT2D eigenvalue weighted by Crippen LogP contribution is 2.51. The predicted octanol–water partition coefficient (Wildman–Crippen LogP) is 5.47. The molecule has 190 valence electrons. The number of likely N-dealkylation sites (tertiary alicyclic amines) is 1. The van der Waals surface area contributed by atoms with Gasteiger partial charge in [-0.1, -0.05) is 40.0 Å². The van der Waals surface area contributed by atoms with Gasteiger partial charge >= 0.3 is 11.9 Å². The molecule has 1 saturated heterocycles. The number of allylic oxidation sites excluding steroid dienone is 4. The Hall–Kier alpha value is -1.02. The number of aryl methyl sites for hydroxylation is 1. The summed E-state index contributed by atoms with van der Waals surface area (Å²) in [4.78, 5) is 30.2. The molecule has 1 aromatic rings. The van der Waals surface area contributed by atoms with Gasteiger partial charge in [0, 0.05) is 57.0 Å². The molecule has 0 saturated carbocycles. The summed E-state index contributed by atoms with van der Waals surface area (Å²) in [5.74, 6) is 1.66. The number of nitrogens with one attached hydrogen (secondary N) is 1. The number of aromatic nitrogens is 1. The van der Waals surface area contributed by atoms with Gasteiger partial charge in [-0.3, -0.25) is 14.7 Å². The topological polar surface area (TPSA) is 60.7 Å². The third-order valence-electron chi connectivity index (χ3n) is 7.89. The van der Waals surface area contributed by atoms with E-state index in [1.807, 2.05) is 6.20 Å². The number of esters is 1. The van der Waals surface area contributed by atoms with Crippen molar-refractivity contribution in [3.8, 4) is 0 Å². The van der Waals surface area contributed by atoms with Crippen molar-refractivity contribution in [3.63, 3.8) is 0 Å². The molecule has 1 N–H and O–H groups in total. The van der Waals surface area contributed by atoms with E-state index in [1.54, 1.807) is 0 Å². The number of halogens is 3. The van der Waals surface area contributed by atoms with Crippen LogP contribution in [0.3, 0.4) is 0 Å². The zero-order chi connectivity index (χ0) is 24.9. The summed E-state index contributed by atoms with van der Waals surface area (Å²) < 4.78 is 6.88. The number of carbonyl (C=O) groups excluding carboxylic acids is 2. The average Bonchev–Trinajstić information content (AvgIpc) is 3.00. The summed E-state index contributed by atoms with van der Waals surface area (Å²) in [6.07, 6.45) is 13.8. The van der Waals surface area contributed by atoms with Crippen molar-refractivity contribution in [1.29, 1.82) is 0 Å². The van der Waals surface area contributed by atoms with E-state index in [4.69, 9.17) is 16.6 Å². The second-order valence-corrected chi connectivity index (χ2v) is 12.3. The van der Waals surface area contributed by atoms with Gasteiger partial charge in [-0.15, -0.1) is 0 Å². The molecular formula is C27H34Br2ClN2O3+. The fourth-order valence-electron chi connectivity index (χ4n) is 6.13. The van der Waals surface area contributed by atoms with Crippen molar-refractivity contribution >= 4 is 55.3 Å². The molecule has 0 bridgehead atoms. The number of pyridine rings is 1. The van der Waals surface area contributed by atoms with Gasteiger partial charge in [0.15, 0.2) is 0 Å². The van der Waals surface area contributed by atoms with Crippen molar-refractivity contribution in [2.45, 2.75) is 63.7 Å². The van der Waals surface area contributed by atoms with Gasteiger partial charge in [0.05, 0.1) is 26.6 Å². The number of methoxy groups -OCH3 is 1. The number of ether oxygens (including phenoxy) is 1. The lowest BCUT2D eigenvalue weighted by molar-refractivity contribution is -0.828. The second-order valence-electron chi connectivity index (χ2n) is 10.0. The Balaban J connectivity index is 1.41. The summed E-state index contributed by atoms with van der Waals surface area (Å²) in [6, 6.07) is 2.24. The van der Waals surface area contributed by atoms with Crippen molar-refractivity contribution in [3.05, 3.63) is 49.7 Å². The fourth-order valence-corrected chi connectivity index (χ4v) is 7.79. The maximum atomic E-state index is 12.9. The molecule has 3 unspecified atom stereocenters. The molecule has 1 aromatic heterocycles. The first-order valence-corrected chi connectivity index (χ1v) is 14.7. The number of amides is 1. The molecule has 0 spiro atoms. The summed E-state index contributed by atoms with van der Waals surface area (Å²) >= 11 is 14.0. The molecular weight excluding hydrogens is 596 g/mol. The van der Waals surface area contributed by atoms with Crippen LogP contribution in [0.5, 0.6) is 0 Å². The first kappa shape index (κ1) is 27.0. The van der Waals surface area contributed by atoms with E-state index in [2.05, 4.69) is 54.8 Å². The van der Waals surface area contributed by atoms with E-state index in [0.29, 0.717) is 42.4 Å². The molecule has 2 heterocycles. The van der Waals surface area contributed by atoms with Crippen LogP contribution in [0, 0.1) is 17.8 Å². The SMILES string of the molecule is COC(=O)CCCCCC(=O)[NH+]1CCC(C2c3ncc(Br)cc3CCC3C=C(Cl)C=C(Br)C32)CC1. The summed E-state index contributed by atoms with van der Waals surface area (Å²) in [6.45, 7) is 1.76. The Labute approximate surface area is 230 Å². The number of piperidine rings is 1. The molecule has 1 amide bonds. The van der Waals surface area contributed by atoms with Crippen LogP contribution in [0.1, 0.15) is 68.5 Å². The van der Waals surface area contributed by atoms with Crippen molar-refractivity contribution < 1.29 is 19.2 Å². The summed E-state index contributed by atoms with van der Waals surface area (Å²) in [5.41, 5.74) is 2.56. The van der Waals surface area contributed by atoms with Crippen LogP contribution in [-0.2, 0) is 20.7 Å². The van der Waals surface area contributed by atoms with Crippen LogP contribution in [0.2, 0.25) is 0 Å². The summed E-state index contributed by atoms with van der Waals surface area (Å²) in [5, 5.41) is 0.813. The molecule has 2 aliphatic carbocycles. The zero-order valence-electron chi connectivity index (χ0n) is 20.2. The van der Waals surface area contributed by atoms with Gasteiger partial charge in [0.25, 0.3) is 0 Å². The molecule has 3 atom stereocenters. The quantitative estimate of drug-likeness (QED) is 0.321. The normalized spacial score (nSPS) is 28.2. The first-order chi connectivity index (χ1) is 16.9. The van der Waals surface area contributed by atoms with Gasteiger partial charge in [-0.25, -0.2) is 4.79 Å². The van der Waals surface area contributed by atoms with Crippen LogP contribution in [-0.4, -0.2) is 37.1 Å². The maximum Gasteiger partial charge on any atom is 0.312 e. The zero-order valence-corrected chi connectivity index (χ0v) is 24.1. The Morgan fingerprint density at radius 1 is 1.11 bits per heavy atom. The van der Waals surface area contributed by atoms with Gasteiger partial charge in [-0.05, 0) is 71.2 Å². The Bertz CT molecular complexity index is 1000.